The molecule has 1 atom stereocenters. The second-order valence-electron chi connectivity index (χ2n) is 6.95. The molecule has 3 heterocycles. The summed E-state index contributed by atoms with van der Waals surface area (Å²) in [6, 6.07) is 8.45. The molecule has 2 aliphatic heterocycles. The summed E-state index contributed by atoms with van der Waals surface area (Å²) in [4.78, 5) is 26.0. The van der Waals surface area contributed by atoms with Crippen LogP contribution in [0, 0.1) is 5.92 Å². The van der Waals surface area contributed by atoms with Gasteiger partial charge in [0.1, 0.15) is 0 Å². The summed E-state index contributed by atoms with van der Waals surface area (Å²) < 4.78 is 0. The quantitative estimate of drug-likeness (QED) is 0.864. The number of fused-ring (bicyclic) bond motifs is 1. The fourth-order valence-electron chi connectivity index (χ4n) is 3.78. The van der Waals surface area contributed by atoms with Gasteiger partial charge in [0.2, 0.25) is 11.9 Å². The van der Waals surface area contributed by atoms with Gasteiger partial charge in [0.25, 0.3) is 0 Å². The van der Waals surface area contributed by atoms with E-state index in [2.05, 4.69) is 46.1 Å². The van der Waals surface area contributed by atoms with Crippen LogP contribution in [0.4, 0.5) is 5.95 Å². The molecular weight excluding hydrogens is 312 g/mol. The van der Waals surface area contributed by atoms with E-state index in [-0.39, 0.29) is 11.8 Å². The molecule has 5 heteroatoms. The lowest BCUT2D eigenvalue weighted by Gasteiger charge is -2.31. The molecule has 4 rings (SSSR count). The van der Waals surface area contributed by atoms with Gasteiger partial charge in [-0.05, 0) is 36.0 Å². The largest absolute Gasteiger partial charge is 0.340 e. The lowest BCUT2D eigenvalue weighted by molar-refractivity contribution is -0.135. The molecule has 0 saturated carbocycles. The minimum Gasteiger partial charge on any atom is -0.340 e. The number of nitrogens with zero attached hydrogens (tertiary/aromatic N) is 4. The average Bonchev–Trinajstić information content (AvgIpc) is 3.17. The summed E-state index contributed by atoms with van der Waals surface area (Å²) in [5.74, 6) is 1.08. The Labute approximate surface area is 148 Å². The predicted octanol–water partition coefficient (Wildman–Crippen LogP) is 2.45. The molecular formula is C20H24N4O. The number of hydrogen-bond acceptors (Lipinski definition) is 4. The monoisotopic (exact) mass is 336 g/mol. The SMILES string of the molecule is CCc1cnc(N2CCC(C(=O)N3CCc4ccccc4C3)C2)nc1. The van der Waals surface area contributed by atoms with Crippen molar-refractivity contribution in [1.29, 1.82) is 0 Å². The molecule has 1 saturated heterocycles. The van der Waals surface area contributed by atoms with Gasteiger partial charge in [-0.1, -0.05) is 31.2 Å². The van der Waals surface area contributed by atoms with E-state index >= 15 is 0 Å². The number of amides is 1. The van der Waals surface area contributed by atoms with E-state index in [9.17, 15) is 4.79 Å². The molecule has 1 fully saturated rings. The van der Waals surface area contributed by atoms with Gasteiger partial charge < -0.3 is 9.80 Å². The smallest absolute Gasteiger partial charge is 0.227 e. The molecule has 2 aromatic rings. The topological polar surface area (TPSA) is 49.3 Å². The third kappa shape index (κ3) is 3.23. The Morgan fingerprint density at radius 2 is 1.92 bits per heavy atom. The van der Waals surface area contributed by atoms with Crippen LogP contribution in [-0.2, 0) is 24.2 Å². The van der Waals surface area contributed by atoms with E-state index in [0.717, 1.165) is 57.0 Å². The molecule has 0 bridgehead atoms. The van der Waals surface area contributed by atoms with Crippen LogP contribution in [0.3, 0.4) is 0 Å². The van der Waals surface area contributed by atoms with Crippen LogP contribution in [0.15, 0.2) is 36.7 Å². The predicted molar refractivity (Wildman–Crippen MR) is 97.3 cm³/mol. The molecule has 0 radical (unpaired) electrons. The Morgan fingerprint density at radius 3 is 2.68 bits per heavy atom. The number of carbonyl (C=O) groups excluding carboxylic acids is 1. The maximum atomic E-state index is 12.9. The molecule has 25 heavy (non-hydrogen) atoms. The first kappa shape index (κ1) is 16.1. The van der Waals surface area contributed by atoms with Gasteiger partial charge in [-0.3, -0.25) is 4.79 Å². The number of aryl methyl sites for hydroxylation is 1. The van der Waals surface area contributed by atoms with Crippen molar-refractivity contribution in [2.45, 2.75) is 32.7 Å². The number of aromatic nitrogens is 2. The second-order valence-corrected chi connectivity index (χ2v) is 6.95. The average molecular weight is 336 g/mol. The van der Waals surface area contributed by atoms with E-state index in [1.165, 1.54) is 11.1 Å². The van der Waals surface area contributed by atoms with Gasteiger partial charge in [-0.2, -0.15) is 0 Å². The van der Waals surface area contributed by atoms with Gasteiger partial charge in [0.15, 0.2) is 0 Å². The van der Waals surface area contributed by atoms with Crippen LogP contribution < -0.4 is 4.90 Å². The Balaban J connectivity index is 1.40. The molecule has 1 amide bonds. The zero-order chi connectivity index (χ0) is 17.2. The maximum Gasteiger partial charge on any atom is 0.227 e. The van der Waals surface area contributed by atoms with Crippen molar-refractivity contribution < 1.29 is 4.79 Å². The standard InChI is InChI=1S/C20H24N4O/c1-2-15-11-21-20(22-12-15)24-10-8-18(14-24)19(25)23-9-7-16-5-3-4-6-17(16)13-23/h3-6,11-12,18H,2,7-10,13-14H2,1H3. The van der Waals surface area contributed by atoms with Gasteiger partial charge in [0, 0.05) is 38.6 Å². The van der Waals surface area contributed by atoms with Gasteiger partial charge in [0.05, 0.1) is 5.92 Å². The number of rotatable bonds is 3. The number of carbonyl (C=O) groups is 1. The summed E-state index contributed by atoms with van der Waals surface area (Å²) in [7, 11) is 0. The summed E-state index contributed by atoms with van der Waals surface area (Å²) in [6.45, 7) is 5.25. The molecule has 2 aliphatic rings. The third-order valence-corrected chi connectivity index (χ3v) is 5.36. The molecule has 0 spiro atoms. The number of hydrogen-bond donors (Lipinski definition) is 0. The maximum absolute atomic E-state index is 12.9. The Bertz CT molecular complexity index is 759. The van der Waals surface area contributed by atoms with Crippen LogP contribution in [0.2, 0.25) is 0 Å². The summed E-state index contributed by atoms with van der Waals surface area (Å²) >= 11 is 0. The van der Waals surface area contributed by atoms with E-state index < -0.39 is 0 Å². The Kier molecular flexibility index (Phi) is 4.38. The zero-order valence-corrected chi connectivity index (χ0v) is 14.7. The van der Waals surface area contributed by atoms with E-state index in [4.69, 9.17) is 0 Å². The first-order valence-electron chi connectivity index (χ1n) is 9.16. The van der Waals surface area contributed by atoms with Crippen molar-refractivity contribution in [2.24, 2.45) is 5.92 Å². The van der Waals surface area contributed by atoms with Crippen molar-refractivity contribution in [2.75, 3.05) is 24.5 Å². The molecule has 5 nitrogen and oxygen atoms in total. The minimum absolute atomic E-state index is 0.0553. The summed E-state index contributed by atoms with van der Waals surface area (Å²) in [5.41, 5.74) is 3.81. The highest BCUT2D eigenvalue weighted by molar-refractivity contribution is 5.80. The first-order valence-corrected chi connectivity index (χ1v) is 9.16. The highest BCUT2D eigenvalue weighted by Crippen LogP contribution is 2.25. The van der Waals surface area contributed by atoms with Gasteiger partial charge >= 0.3 is 0 Å². The normalized spacial score (nSPS) is 19.8. The Morgan fingerprint density at radius 1 is 1.16 bits per heavy atom. The second kappa shape index (κ2) is 6.82. The van der Waals surface area contributed by atoms with Crippen LogP contribution in [0.5, 0.6) is 0 Å². The molecule has 1 aromatic carbocycles. The van der Waals surface area contributed by atoms with E-state index in [0.29, 0.717) is 0 Å². The van der Waals surface area contributed by atoms with Crippen molar-refractivity contribution in [3.05, 3.63) is 53.3 Å². The Hall–Kier alpha value is -2.43. The van der Waals surface area contributed by atoms with E-state index in [1.54, 1.807) is 0 Å². The van der Waals surface area contributed by atoms with Crippen LogP contribution in [-0.4, -0.2) is 40.4 Å². The summed E-state index contributed by atoms with van der Waals surface area (Å²) in [6.07, 6.45) is 6.56. The van der Waals surface area contributed by atoms with Crippen molar-refractivity contribution in [3.63, 3.8) is 0 Å². The lowest BCUT2D eigenvalue weighted by atomic mass is 9.98. The van der Waals surface area contributed by atoms with Crippen LogP contribution >= 0.6 is 0 Å². The number of benzene rings is 1. The van der Waals surface area contributed by atoms with Gasteiger partial charge in [-0.15, -0.1) is 0 Å². The number of anilines is 1. The van der Waals surface area contributed by atoms with Crippen molar-refractivity contribution in [1.82, 2.24) is 14.9 Å². The lowest BCUT2D eigenvalue weighted by Crippen LogP contribution is -2.40. The highest BCUT2D eigenvalue weighted by atomic mass is 16.2. The first-order chi connectivity index (χ1) is 12.2. The summed E-state index contributed by atoms with van der Waals surface area (Å²) in [5, 5.41) is 0. The molecule has 1 unspecified atom stereocenters. The van der Waals surface area contributed by atoms with Crippen LogP contribution in [0.1, 0.15) is 30.0 Å². The van der Waals surface area contributed by atoms with Gasteiger partial charge in [-0.25, -0.2) is 9.97 Å². The fourth-order valence-corrected chi connectivity index (χ4v) is 3.78. The fraction of sp³-hybridized carbons (Fsp3) is 0.450. The highest BCUT2D eigenvalue weighted by Gasteiger charge is 2.33. The third-order valence-electron chi connectivity index (χ3n) is 5.36. The van der Waals surface area contributed by atoms with Crippen LogP contribution in [0.25, 0.3) is 0 Å². The van der Waals surface area contributed by atoms with Crippen molar-refractivity contribution in [3.8, 4) is 0 Å². The molecule has 130 valence electrons. The zero-order valence-electron chi connectivity index (χ0n) is 14.7. The molecule has 0 aliphatic carbocycles. The van der Waals surface area contributed by atoms with Crippen molar-refractivity contribution >= 4 is 11.9 Å². The minimum atomic E-state index is 0.0553. The van der Waals surface area contributed by atoms with E-state index in [1.807, 2.05) is 17.3 Å². The molecule has 1 aromatic heterocycles. The molecule has 0 N–H and O–H groups in total.